The molecule has 3 aromatic carbocycles. The number of carbonyl (C=O) groups is 2. The molecule has 4 rings (SSSR count). The maximum Gasteiger partial charge on any atom is 0.262 e. The highest BCUT2D eigenvalue weighted by Crippen LogP contribution is 2.39. The fourth-order valence-corrected chi connectivity index (χ4v) is 3.40. The Hall–Kier alpha value is -4.00. The Labute approximate surface area is 180 Å². The van der Waals surface area contributed by atoms with Crippen LogP contribution in [0.2, 0.25) is 0 Å². The number of benzene rings is 3. The summed E-state index contributed by atoms with van der Waals surface area (Å²) in [7, 11) is 1.54. The van der Waals surface area contributed by atoms with Gasteiger partial charge in [-0.25, -0.2) is 0 Å². The van der Waals surface area contributed by atoms with E-state index in [-0.39, 0.29) is 18.4 Å². The van der Waals surface area contributed by atoms with Crippen LogP contribution in [0, 0.1) is 0 Å². The molecule has 0 atom stereocenters. The highest BCUT2D eigenvalue weighted by Gasteiger charge is 2.27. The minimum absolute atomic E-state index is 0.191. The Morgan fingerprint density at radius 2 is 1.74 bits per heavy atom. The molecule has 7 heteroatoms. The number of ether oxygens (including phenoxy) is 3. The predicted octanol–water partition coefficient (Wildman–Crippen LogP) is 4.49. The third kappa shape index (κ3) is 4.16. The van der Waals surface area contributed by atoms with Crippen molar-refractivity contribution in [1.82, 2.24) is 0 Å². The van der Waals surface area contributed by atoms with Crippen LogP contribution >= 0.6 is 0 Å². The molecule has 7 nitrogen and oxygen atoms in total. The summed E-state index contributed by atoms with van der Waals surface area (Å²) >= 11 is 0. The van der Waals surface area contributed by atoms with E-state index in [1.54, 1.807) is 41.3 Å². The van der Waals surface area contributed by atoms with E-state index in [0.717, 1.165) is 0 Å². The number of hydrogen-bond acceptors (Lipinski definition) is 5. The van der Waals surface area contributed by atoms with Crippen molar-refractivity contribution in [3.63, 3.8) is 0 Å². The number of fused-ring (bicyclic) bond motifs is 2. The topological polar surface area (TPSA) is 77.1 Å². The molecule has 0 unspecified atom stereocenters. The van der Waals surface area contributed by atoms with Gasteiger partial charge in [-0.05, 0) is 49.4 Å². The highest BCUT2D eigenvalue weighted by molar-refractivity contribution is 6.10. The van der Waals surface area contributed by atoms with Crippen molar-refractivity contribution in [2.45, 2.75) is 6.92 Å². The Morgan fingerprint density at radius 3 is 2.52 bits per heavy atom. The minimum atomic E-state index is -0.358. The van der Waals surface area contributed by atoms with Gasteiger partial charge in [0.05, 0.1) is 18.4 Å². The normalized spacial score (nSPS) is 12.2. The molecule has 158 valence electrons. The lowest BCUT2D eigenvalue weighted by atomic mass is 10.1. The van der Waals surface area contributed by atoms with Gasteiger partial charge in [-0.15, -0.1) is 0 Å². The first-order valence-corrected chi connectivity index (χ1v) is 9.89. The molecular formula is C24H22N2O5. The monoisotopic (exact) mass is 418 g/mol. The molecule has 31 heavy (non-hydrogen) atoms. The van der Waals surface area contributed by atoms with E-state index in [4.69, 9.17) is 14.2 Å². The van der Waals surface area contributed by atoms with Crippen molar-refractivity contribution in [3.05, 3.63) is 72.3 Å². The number of anilines is 2. The molecule has 2 amide bonds. The van der Waals surface area contributed by atoms with E-state index in [0.29, 0.717) is 46.5 Å². The fourth-order valence-electron chi connectivity index (χ4n) is 3.40. The van der Waals surface area contributed by atoms with Crippen LogP contribution in [0.3, 0.4) is 0 Å². The van der Waals surface area contributed by atoms with Crippen LogP contribution in [0.4, 0.5) is 11.4 Å². The first-order valence-electron chi connectivity index (χ1n) is 9.89. The van der Waals surface area contributed by atoms with Gasteiger partial charge in [0.2, 0.25) is 0 Å². The third-order valence-electron chi connectivity index (χ3n) is 4.86. The number of para-hydroxylation sites is 4. The molecule has 0 saturated carbocycles. The number of rotatable bonds is 6. The Balaban J connectivity index is 1.51. The van der Waals surface area contributed by atoms with Crippen LogP contribution in [-0.2, 0) is 4.79 Å². The lowest BCUT2D eigenvalue weighted by Gasteiger charge is -2.19. The van der Waals surface area contributed by atoms with Crippen molar-refractivity contribution < 1.29 is 23.8 Å². The van der Waals surface area contributed by atoms with Crippen molar-refractivity contribution in [2.24, 2.45) is 0 Å². The van der Waals surface area contributed by atoms with Gasteiger partial charge in [0.1, 0.15) is 5.75 Å². The van der Waals surface area contributed by atoms with Gasteiger partial charge < -0.3 is 24.4 Å². The van der Waals surface area contributed by atoms with Gasteiger partial charge in [0.15, 0.2) is 23.9 Å². The second-order valence-corrected chi connectivity index (χ2v) is 6.82. The minimum Gasteiger partial charge on any atom is -0.493 e. The Bertz CT molecular complexity index is 1130. The van der Waals surface area contributed by atoms with E-state index in [1.165, 1.54) is 7.11 Å². The molecule has 1 N–H and O–H groups in total. The molecule has 0 spiro atoms. The first kappa shape index (κ1) is 20.3. The van der Waals surface area contributed by atoms with E-state index in [2.05, 4.69) is 5.32 Å². The lowest BCUT2D eigenvalue weighted by molar-refractivity contribution is -0.118. The Kier molecular flexibility index (Phi) is 5.75. The maximum absolute atomic E-state index is 13.1. The first-order chi connectivity index (χ1) is 15.1. The largest absolute Gasteiger partial charge is 0.493 e. The van der Waals surface area contributed by atoms with Crippen LogP contribution in [0.1, 0.15) is 17.3 Å². The van der Waals surface area contributed by atoms with Crippen molar-refractivity contribution in [2.75, 3.05) is 30.5 Å². The van der Waals surface area contributed by atoms with Gasteiger partial charge in [-0.3, -0.25) is 9.59 Å². The van der Waals surface area contributed by atoms with Gasteiger partial charge in [-0.1, -0.05) is 24.3 Å². The van der Waals surface area contributed by atoms with Crippen molar-refractivity contribution >= 4 is 23.2 Å². The van der Waals surface area contributed by atoms with Crippen molar-refractivity contribution in [3.8, 4) is 23.0 Å². The molecule has 0 aliphatic carbocycles. The average Bonchev–Trinajstić information content (AvgIpc) is 2.91. The summed E-state index contributed by atoms with van der Waals surface area (Å²) in [5.74, 6) is 1.52. The maximum atomic E-state index is 13.1. The van der Waals surface area contributed by atoms with Gasteiger partial charge >= 0.3 is 0 Å². The number of carbonyl (C=O) groups excluding carboxylic acids is 2. The number of nitrogens with zero attached hydrogens (tertiary/aromatic N) is 1. The summed E-state index contributed by atoms with van der Waals surface area (Å²) in [4.78, 5) is 27.2. The van der Waals surface area contributed by atoms with Gasteiger partial charge in [0.25, 0.3) is 11.8 Å². The smallest absolute Gasteiger partial charge is 0.262 e. The molecule has 1 aliphatic heterocycles. The molecule has 0 bridgehead atoms. The van der Waals surface area contributed by atoms with Crippen LogP contribution in [0.5, 0.6) is 23.0 Å². The molecule has 0 aromatic heterocycles. The molecule has 0 fully saturated rings. The van der Waals surface area contributed by atoms with E-state index in [1.807, 2.05) is 37.3 Å². The fraction of sp³-hybridized carbons (Fsp3) is 0.167. The predicted molar refractivity (Wildman–Crippen MR) is 117 cm³/mol. The molecule has 0 radical (unpaired) electrons. The van der Waals surface area contributed by atoms with Crippen LogP contribution in [0.25, 0.3) is 0 Å². The molecule has 0 saturated heterocycles. The van der Waals surface area contributed by atoms with Gasteiger partial charge in [0, 0.05) is 12.2 Å². The summed E-state index contributed by atoms with van der Waals surface area (Å²) in [6, 6.07) is 19.5. The number of hydrogen-bond donors (Lipinski definition) is 1. The lowest BCUT2D eigenvalue weighted by Crippen LogP contribution is -2.30. The molecule has 1 heterocycles. The number of amides is 2. The zero-order valence-corrected chi connectivity index (χ0v) is 17.3. The number of methoxy groups -OCH3 is 1. The standard InChI is InChI=1S/C24H22N2O5/c1-3-26-18-8-4-5-9-20(18)31-19-13-12-16(14-17(19)24(26)28)25-23(27)15-30-22-11-7-6-10-21(22)29-2/h4-14H,3,15H2,1-2H3,(H,25,27). The van der Waals surface area contributed by atoms with Crippen LogP contribution in [0.15, 0.2) is 66.7 Å². The van der Waals surface area contributed by atoms with E-state index in [9.17, 15) is 9.59 Å². The average molecular weight is 418 g/mol. The summed E-state index contributed by atoms with van der Waals surface area (Å²) in [6.07, 6.45) is 0. The summed E-state index contributed by atoms with van der Waals surface area (Å²) in [5, 5.41) is 2.76. The molecule has 3 aromatic rings. The summed E-state index contributed by atoms with van der Waals surface area (Å²) < 4.78 is 16.8. The van der Waals surface area contributed by atoms with E-state index < -0.39 is 0 Å². The molecule has 1 aliphatic rings. The second-order valence-electron chi connectivity index (χ2n) is 6.82. The zero-order chi connectivity index (χ0) is 21.8. The van der Waals surface area contributed by atoms with Crippen molar-refractivity contribution in [1.29, 1.82) is 0 Å². The van der Waals surface area contributed by atoms with E-state index >= 15 is 0 Å². The zero-order valence-electron chi connectivity index (χ0n) is 17.3. The highest BCUT2D eigenvalue weighted by atomic mass is 16.5. The molecular weight excluding hydrogens is 396 g/mol. The summed E-state index contributed by atoms with van der Waals surface area (Å²) in [6.45, 7) is 2.19. The second kappa shape index (κ2) is 8.79. The SMILES string of the molecule is CCN1C(=O)c2cc(NC(=O)COc3ccccc3OC)ccc2Oc2ccccc21. The quantitative estimate of drug-likeness (QED) is 0.639. The summed E-state index contributed by atoms with van der Waals surface area (Å²) in [5.41, 5.74) is 1.56. The number of nitrogens with one attached hydrogen (secondary N) is 1. The van der Waals surface area contributed by atoms with Crippen LogP contribution < -0.4 is 24.4 Å². The van der Waals surface area contributed by atoms with Gasteiger partial charge in [-0.2, -0.15) is 0 Å². The third-order valence-corrected chi connectivity index (χ3v) is 4.86. The van der Waals surface area contributed by atoms with Crippen LogP contribution in [-0.4, -0.2) is 32.1 Å². The Morgan fingerprint density at radius 1 is 1.00 bits per heavy atom.